The third-order valence-corrected chi connectivity index (χ3v) is 7.11. The molecule has 2 fully saturated rings. The van der Waals surface area contributed by atoms with Crippen LogP contribution in [-0.2, 0) is 4.74 Å². The van der Waals surface area contributed by atoms with Crippen LogP contribution in [-0.4, -0.2) is 71.8 Å². The minimum atomic E-state index is 0. The van der Waals surface area contributed by atoms with E-state index in [1.54, 1.807) is 0 Å². The van der Waals surface area contributed by atoms with Crippen molar-refractivity contribution in [3.8, 4) is 0 Å². The third kappa shape index (κ3) is 6.47. The molecule has 2 aliphatic heterocycles. The van der Waals surface area contributed by atoms with Crippen molar-refractivity contribution < 1.29 is 4.74 Å². The zero-order valence-corrected chi connectivity index (χ0v) is 18.9. The molecule has 0 aliphatic carbocycles. The molecule has 23 heavy (non-hydrogen) atoms. The molecule has 0 saturated carbocycles. The van der Waals surface area contributed by atoms with Crippen LogP contribution < -0.4 is 5.32 Å². The number of thioether (sulfide) groups is 2. The van der Waals surface area contributed by atoms with Crippen LogP contribution in [0.2, 0.25) is 0 Å². The Hall–Kier alpha value is 0.660. The van der Waals surface area contributed by atoms with Gasteiger partial charge in [0.1, 0.15) is 0 Å². The van der Waals surface area contributed by atoms with Gasteiger partial charge in [0.15, 0.2) is 5.96 Å². The molecule has 2 aliphatic rings. The van der Waals surface area contributed by atoms with E-state index in [2.05, 4.69) is 59.5 Å². The summed E-state index contributed by atoms with van der Waals surface area (Å²) in [5, 5.41) is 3.66. The standard InChI is InChI=1S/C16H31N3OS2.HI/c1-5-21-16(6-9-20-10-7-16)12-18-14(17-4)19-8-11-22-15(2,3)13-19;/h5-13H2,1-4H3,(H,17,18);1H. The van der Waals surface area contributed by atoms with Crippen molar-refractivity contribution in [3.05, 3.63) is 0 Å². The highest BCUT2D eigenvalue weighted by Gasteiger charge is 2.34. The molecule has 0 atom stereocenters. The van der Waals surface area contributed by atoms with E-state index < -0.39 is 0 Å². The van der Waals surface area contributed by atoms with Gasteiger partial charge in [0.25, 0.3) is 0 Å². The molecule has 4 nitrogen and oxygen atoms in total. The van der Waals surface area contributed by atoms with Gasteiger partial charge < -0.3 is 15.0 Å². The largest absolute Gasteiger partial charge is 0.381 e. The molecule has 0 spiro atoms. The maximum atomic E-state index is 5.56. The molecule has 1 N–H and O–H groups in total. The summed E-state index contributed by atoms with van der Waals surface area (Å²) in [6.07, 6.45) is 2.27. The molecule has 0 radical (unpaired) electrons. The SMILES string of the molecule is CCSC1(CNC(=NC)N2CCSC(C)(C)C2)CCOCC1.I. The van der Waals surface area contributed by atoms with Gasteiger partial charge in [0.2, 0.25) is 0 Å². The lowest BCUT2D eigenvalue weighted by Crippen LogP contribution is -2.54. The Kier molecular flexibility index (Phi) is 9.40. The predicted octanol–water partition coefficient (Wildman–Crippen LogP) is 3.31. The van der Waals surface area contributed by atoms with Crippen LogP contribution in [0.25, 0.3) is 0 Å². The fraction of sp³-hybridized carbons (Fsp3) is 0.938. The van der Waals surface area contributed by atoms with Crippen LogP contribution in [0.4, 0.5) is 0 Å². The van der Waals surface area contributed by atoms with E-state index in [1.807, 2.05) is 7.05 Å². The van der Waals surface area contributed by atoms with Crippen LogP contribution in [0.15, 0.2) is 4.99 Å². The van der Waals surface area contributed by atoms with E-state index in [1.165, 1.54) is 5.75 Å². The van der Waals surface area contributed by atoms with Crippen molar-refractivity contribution in [2.75, 3.05) is 51.4 Å². The Bertz CT molecular complexity index is 382. The van der Waals surface area contributed by atoms with Crippen LogP contribution >= 0.6 is 47.5 Å². The maximum Gasteiger partial charge on any atom is 0.193 e. The fourth-order valence-electron chi connectivity index (χ4n) is 3.19. The fourth-order valence-corrected chi connectivity index (χ4v) is 5.54. The van der Waals surface area contributed by atoms with Crippen molar-refractivity contribution in [1.29, 1.82) is 0 Å². The van der Waals surface area contributed by atoms with E-state index in [0.717, 1.165) is 57.4 Å². The lowest BCUT2D eigenvalue weighted by Gasteiger charge is -2.41. The Balaban J connectivity index is 0.00000264. The van der Waals surface area contributed by atoms with Crippen molar-refractivity contribution in [1.82, 2.24) is 10.2 Å². The molecule has 2 heterocycles. The summed E-state index contributed by atoms with van der Waals surface area (Å²) in [4.78, 5) is 6.95. The number of nitrogens with one attached hydrogen (secondary N) is 1. The van der Waals surface area contributed by atoms with Gasteiger partial charge in [0.05, 0.1) is 0 Å². The molecule has 0 unspecified atom stereocenters. The molecular weight excluding hydrogens is 441 g/mol. The minimum absolute atomic E-state index is 0. The van der Waals surface area contributed by atoms with E-state index >= 15 is 0 Å². The van der Waals surface area contributed by atoms with E-state index in [9.17, 15) is 0 Å². The quantitative estimate of drug-likeness (QED) is 0.385. The number of guanidine groups is 1. The van der Waals surface area contributed by atoms with Gasteiger partial charge >= 0.3 is 0 Å². The monoisotopic (exact) mass is 473 g/mol. The van der Waals surface area contributed by atoms with E-state index in [4.69, 9.17) is 4.74 Å². The first-order valence-electron chi connectivity index (χ1n) is 8.31. The first-order valence-corrected chi connectivity index (χ1v) is 10.3. The number of hydrogen-bond donors (Lipinski definition) is 1. The van der Waals surface area contributed by atoms with E-state index in [0.29, 0.717) is 9.49 Å². The second kappa shape index (κ2) is 9.97. The molecule has 136 valence electrons. The smallest absolute Gasteiger partial charge is 0.193 e. The van der Waals surface area contributed by atoms with Crippen molar-refractivity contribution in [2.24, 2.45) is 4.99 Å². The molecule has 7 heteroatoms. The Morgan fingerprint density at radius 2 is 2.04 bits per heavy atom. The van der Waals surface area contributed by atoms with Crippen molar-refractivity contribution >= 4 is 53.5 Å². The molecule has 2 rings (SSSR count). The lowest BCUT2D eigenvalue weighted by molar-refractivity contribution is 0.0780. The number of hydrogen-bond acceptors (Lipinski definition) is 4. The number of rotatable bonds is 4. The number of aliphatic imine (C=N–C) groups is 1. The summed E-state index contributed by atoms with van der Waals surface area (Å²) >= 11 is 4.14. The van der Waals surface area contributed by atoms with Crippen LogP contribution in [0, 0.1) is 0 Å². The molecule has 0 aromatic carbocycles. The van der Waals surface area contributed by atoms with E-state index in [-0.39, 0.29) is 24.0 Å². The lowest BCUT2D eigenvalue weighted by atomic mass is 9.99. The highest BCUT2D eigenvalue weighted by molar-refractivity contribution is 14.0. The number of ether oxygens (including phenoxy) is 1. The summed E-state index contributed by atoms with van der Waals surface area (Å²) in [5.74, 6) is 3.40. The van der Waals surface area contributed by atoms with Crippen LogP contribution in [0.5, 0.6) is 0 Å². The average molecular weight is 473 g/mol. The molecule has 0 amide bonds. The highest BCUT2D eigenvalue weighted by atomic mass is 127. The van der Waals surface area contributed by atoms with Gasteiger partial charge in [-0.2, -0.15) is 23.5 Å². The normalized spacial score (nSPS) is 24.0. The van der Waals surface area contributed by atoms with Crippen molar-refractivity contribution in [3.63, 3.8) is 0 Å². The summed E-state index contributed by atoms with van der Waals surface area (Å²) in [7, 11) is 1.90. The zero-order chi connectivity index (χ0) is 16.1. The number of halogens is 1. The third-order valence-electron chi connectivity index (χ3n) is 4.36. The molecule has 0 aromatic rings. The Morgan fingerprint density at radius 3 is 2.61 bits per heavy atom. The van der Waals surface area contributed by atoms with Gasteiger partial charge in [-0.3, -0.25) is 4.99 Å². The summed E-state index contributed by atoms with van der Waals surface area (Å²) in [5.41, 5.74) is 0. The highest BCUT2D eigenvalue weighted by Crippen LogP contribution is 2.35. The Morgan fingerprint density at radius 1 is 1.35 bits per heavy atom. The zero-order valence-electron chi connectivity index (χ0n) is 14.9. The van der Waals surface area contributed by atoms with Crippen LogP contribution in [0.3, 0.4) is 0 Å². The van der Waals surface area contributed by atoms with Gasteiger partial charge in [0, 0.05) is 55.1 Å². The second-order valence-electron chi connectivity index (χ2n) is 6.66. The van der Waals surface area contributed by atoms with Crippen molar-refractivity contribution in [2.45, 2.75) is 43.1 Å². The topological polar surface area (TPSA) is 36.9 Å². The molecule has 2 saturated heterocycles. The first kappa shape index (κ1) is 21.7. The number of nitrogens with zero attached hydrogens (tertiary/aromatic N) is 2. The summed E-state index contributed by atoms with van der Waals surface area (Å²) < 4.78 is 6.18. The van der Waals surface area contributed by atoms with Crippen LogP contribution in [0.1, 0.15) is 33.6 Å². The second-order valence-corrected chi connectivity index (χ2v) is 10.2. The molecule has 0 bridgehead atoms. The first-order chi connectivity index (χ1) is 10.5. The minimum Gasteiger partial charge on any atom is -0.381 e. The molecule has 0 aromatic heterocycles. The van der Waals surface area contributed by atoms with Gasteiger partial charge in [-0.15, -0.1) is 24.0 Å². The summed E-state index contributed by atoms with van der Waals surface area (Å²) in [6, 6.07) is 0. The molecular formula is C16H32IN3OS2. The maximum absolute atomic E-state index is 5.56. The Labute approximate surface area is 167 Å². The average Bonchev–Trinajstić information content (AvgIpc) is 2.48. The van der Waals surface area contributed by atoms with Gasteiger partial charge in [-0.25, -0.2) is 0 Å². The van der Waals surface area contributed by atoms with Gasteiger partial charge in [-0.1, -0.05) is 6.92 Å². The predicted molar refractivity (Wildman–Crippen MR) is 116 cm³/mol. The van der Waals surface area contributed by atoms with Gasteiger partial charge in [-0.05, 0) is 32.4 Å². The summed E-state index contributed by atoms with van der Waals surface area (Å²) in [6.45, 7) is 11.8.